The molecule has 0 amide bonds. The van der Waals surface area contributed by atoms with Crippen molar-refractivity contribution >= 4 is 21.9 Å². The number of esters is 1. The summed E-state index contributed by atoms with van der Waals surface area (Å²) in [5.74, 6) is -0.524. The lowest BCUT2D eigenvalue weighted by Crippen LogP contribution is -2.07. The number of aromatic nitrogens is 1. The van der Waals surface area contributed by atoms with E-state index in [4.69, 9.17) is 10.00 Å². The van der Waals surface area contributed by atoms with Crippen molar-refractivity contribution in [3.05, 3.63) is 28.0 Å². The van der Waals surface area contributed by atoms with Crippen LogP contribution in [0.15, 0.2) is 16.9 Å². The highest BCUT2D eigenvalue weighted by atomic mass is 79.9. The molecule has 1 aromatic heterocycles. The quantitative estimate of drug-likeness (QED) is 0.598. The summed E-state index contributed by atoms with van der Waals surface area (Å²) in [6.07, 6.45) is 1.32. The van der Waals surface area contributed by atoms with Crippen LogP contribution in [0.1, 0.15) is 22.8 Å². The standard InChI is InChI=1S/C9H7BrN2O2/c1-2-14-9(13)7-5-12-8(10)3-6(7)4-11/h3,5H,2H2,1H3. The number of nitrogens with zero attached hydrogens (tertiary/aromatic N) is 2. The van der Waals surface area contributed by atoms with Gasteiger partial charge in [-0.2, -0.15) is 5.26 Å². The van der Waals surface area contributed by atoms with E-state index in [0.29, 0.717) is 4.60 Å². The molecule has 0 radical (unpaired) electrons. The zero-order valence-corrected chi connectivity index (χ0v) is 9.04. The number of hydrogen-bond acceptors (Lipinski definition) is 4. The molecule has 72 valence electrons. The van der Waals surface area contributed by atoms with Gasteiger partial charge in [0.05, 0.1) is 17.7 Å². The first-order valence-electron chi connectivity index (χ1n) is 3.91. The summed E-state index contributed by atoms with van der Waals surface area (Å²) in [6, 6.07) is 3.38. The summed E-state index contributed by atoms with van der Waals surface area (Å²) >= 11 is 3.11. The number of ether oxygens (including phenoxy) is 1. The Balaban J connectivity index is 3.09. The minimum absolute atomic E-state index is 0.192. The lowest BCUT2D eigenvalue weighted by Gasteiger charge is -2.02. The van der Waals surface area contributed by atoms with Crippen LogP contribution in [0.4, 0.5) is 0 Å². The number of carbonyl (C=O) groups is 1. The Hall–Kier alpha value is -1.41. The van der Waals surface area contributed by atoms with Crippen LogP contribution < -0.4 is 0 Å². The molecule has 0 fully saturated rings. The maximum atomic E-state index is 11.3. The molecule has 0 aliphatic heterocycles. The average molecular weight is 255 g/mol. The Bertz CT molecular complexity index is 398. The average Bonchev–Trinajstić information content (AvgIpc) is 2.17. The van der Waals surface area contributed by atoms with Crippen molar-refractivity contribution in [3.8, 4) is 6.07 Å². The largest absolute Gasteiger partial charge is 0.462 e. The Morgan fingerprint density at radius 3 is 3.07 bits per heavy atom. The van der Waals surface area contributed by atoms with Crippen molar-refractivity contribution in [2.45, 2.75) is 6.92 Å². The Kier molecular flexibility index (Phi) is 3.60. The second-order valence-electron chi connectivity index (χ2n) is 2.38. The maximum Gasteiger partial charge on any atom is 0.341 e. The van der Waals surface area contributed by atoms with Gasteiger partial charge in [0, 0.05) is 6.20 Å². The molecule has 0 saturated heterocycles. The summed E-state index contributed by atoms with van der Waals surface area (Å²) in [5, 5.41) is 8.75. The van der Waals surface area contributed by atoms with Crippen LogP contribution >= 0.6 is 15.9 Å². The van der Waals surface area contributed by atoms with Gasteiger partial charge in [-0.05, 0) is 28.9 Å². The third-order valence-electron chi connectivity index (χ3n) is 1.49. The molecule has 14 heavy (non-hydrogen) atoms. The van der Waals surface area contributed by atoms with Crippen LogP contribution in [0.5, 0.6) is 0 Å². The summed E-state index contributed by atoms with van der Waals surface area (Å²) in [7, 11) is 0. The van der Waals surface area contributed by atoms with E-state index in [1.54, 1.807) is 6.92 Å². The molecule has 0 aliphatic rings. The molecule has 0 atom stereocenters. The Labute approximate surface area is 89.6 Å². The summed E-state index contributed by atoms with van der Waals surface area (Å²) < 4.78 is 5.28. The van der Waals surface area contributed by atoms with Crippen molar-refractivity contribution in [1.29, 1.82) is 5.26 Å². The molecule has 1 rings (SSSR count). The zero-order chi connectivity index (χ0) is 10.6. The minimum atomic E-state index is -0.524. The monoisotopic (exact) mass is 254 g/mol. The molecular weight excluding hydrogens is 248 g/mol. The SMILES string of the molecule is CCOC(=O)c1cnc(Br)cc1C#N. The number of halogens is 1. The van der Waals surface area contributed by atoms with Gasteiger partial charge in [0.2, 0.25) is 0 Å². The molecule has 1 aromatic rings. The summed E-state index contributed by atoms with van der Waals surface area (Å²) in [4.78, 5) is 15.2. The van der Waals surface area contributed by atoms with E-state index in [9.17, 15) is 4.79 Å². The van der Waals surface area contributed by atoms with Crippen LogP contribution in [0, 0.1) is 11.3 Å². The lowest BCUT2D eigenvalue weighted by molar-refractivity contribution is 0.0525. The number of carbonyl (C=O) groups excluding carboxylic acids is 1. The van der Waals surface area contributed by atoms with Crippen molar-refractivity contribution < 1.29 is 9.53 Å². The van der Waals surface area contributed by atoms with Gasteiger partial charge >= 0.3 is 5.97 Å². The first-order chi connectivity index (χ1) is 6.69. The van der Waals surface area contributed by atoms with E-state index in [0.717, 1.165) is 0 Å². The van der Waals surface area contributed by atoms with Crippen LogP contribution in [0.2, 0.25) is 0 Å². The highest BCUT2D eigenvalue weighted by Gasteiger charge is 2.12. The van der Waals surface area contributed by atoms with E-state index >= 15 is 0 Å². The van der Waals surface area contributed by atoms with Gasteiger partial charge in [-0.25, -0.2) is 9.78 Å². The number of nitriles is 1. The molecule has 0 spiro atoms. The summed E-state index contributed by atoms with van der Waals surface area (Å²) in [5.41, 5.74) is 0.447. The van der Waals surface area contributed by atoms with E-state index < -0.39 is 5.97 Å². The summed E-state index contributed by atoms with van der Waals surface area (Å²) in [6.45, 7) is 1.98. The van der Waals surface area contributed by atoms with Crippen molar-refractivity contribution in [2.75, 3.05) is 6.61 Å². The highest BCUT2D eigenvalue weighted by molar-refractivity contribution is 9.10. The third-order valence-corrected chi connectivity index (χ3v) is 1.92. The van der Waals surface area contributed by atoms with E-state index in [-0.39, 0.29) is 17.7 Å². The normalized spacial score (nSPS) is 9.21. The first-order valence-corrected chi connectivity index (χ1v) is 4.71. The van der Waals surface area contributed by atoms with Crippen molar-refractivity contribution in [2.24, 2.45) is 0 Å². The molecule has 0 saturated carbocycles. The molecule has 4 nitrogen and oxygen atoms in total. The van der Waals surface area contributed by atoms with Gasteiger partial charge in [0.25, 0.3) is 0 Å². The third kappa shape index (κ3) is 2.30. The van der Waals surface area contributed by atoms with Crippen molar-refractivity contribution in [1.82, 2.24) is 4.98 Å². The lowest BCUT2D eigenvalue weighted by atomic mass is 10.1. The molecule has 0 unspecified atom stereocenters. The van der Waals surface area contributed by atoms with E-state index in [1.165, 1.54) is 12.3 Å². The van der Waals surface area contributed by atoms with E-state index in [1.807, 2.05) is 6.07 Å². The molecule has 0 aliphatic carbocycles. The van der Waals surface area contributed by atoms with Gasteiger partial charge in [-0.1, -0.05) is 0 Å². The van der Waals surface area contributed by atoms with Crippen LogP contribution in [-0.4, -0.2) is 17.6 Å². The molecule has 0 N–H and O–H groups in total. The van der Waals surface area contributed by atoms with Gasteiger partial charge < -0.3 is 4.74 Å². The van der Waals surface area contributed by atoms with Gasteiger partial charge in [-0.15, -0.1) is 0 Å². The smallest absolute Gasteiger partial charge is 0.341 e. The topological polar surface area (TPSA) is 63.0 Å². The van der Waals surface area contributed by atoms with Gasteiger partial charge in [0.1, 0.15) is 10.7 Å². The van der Waals surface area contributed by atoms with Crippen LogP contribution in [0.25, 0.3) is 0 Å². The first kappa shape index (κ1) is 10.7. The second kappa shape index (κ2) is 4.72. The molecule has 5 heteroatoms. The van der Waals surface area contributed by atoms with E-state index in [2.05, 4.69) is 20.9 Å². The fraction of sp³-hybridized carbons (Fsp3) is 0.222. The van der Waals surface area contributed by atoms with Crippen molar-refractivity contribution in [3.63, 3.8) is 0 Å². The number of pyridine rings is 1. The molecule has 1 heterocycles. The Morgan fingerprint density at radius 2 is 2.50 bits per heavy atom. The maximum absolute atomic E-state index is 11.3. The van der Waals surface area contributed by atoms with Gasteiger partial charge in [0.15, 0.2) is 0 Å². The fourth-order valence-corrected chi connectivity index (χ4v) is 1.23. The Morgan fingerprint density at radius 1 is 1.79 bits per heavy atom. The molecule has 0 aromatic carbocycles. The van der Waals surface area contributed by atoms with Gasteiger partial charge in [-0.3, -0.25) is 0 Å². The fourth-order valence-electron chi connectivity index (χ4n) is 0.894. The van der Waals surface area contributed by atoms with Crippen LogP contribution in [-0.2, 0) is 4.74 Å². The number of hydrogen-bond donors (Lipinski definition) is 0. The molecule has 0 bridgehead atoms. The minimum Gasteiger partial charge on any atom is -0.462 e. The van der Waals surface area contributed by atoms with Crippen LogP contribution in [0.3, 0.4) is 0 Å². The zero-order valence-electron chi connectivity index (χ0n) is 7.45. The number of rotatable bonds is 2. The predicted octanol–water partition coefficient (Wildman–Crippen LogP) is 1.89. The second-order valence-corrected chi connectivity index (χ2v) is 3.20. The molecular formula is C9H7BrN2O2. The predicted molar refractivity (Wildman–Crippen MR) is 52.6 cm³/mol. The highest BCUT2D eigenvalue weighted by Crippen LogP contribution is 2.13.